The number of fused-ring (bicyclic) bond motifs is 4. The number of hydrogen-bond acceptors (Lipinski definition) is 0. The maximum Gasteiger partial charge on any atom is 2.00 e. The summed E-state index contributed by atoms with van der Waals surface area (Å²) in [5.74, 6) is 5.50. The quantitative estimate of drug-likeness (QED) is 0.387. The fourth-order valence-corrected chi connectivity index (χ4v) is 5.93. The summed E-state index contributed by atoms with van der Waals surface area (Å²) in [7, 11) is 0. The second-order valence-corrected chi connectivity index (χ2v) is 9.40. The van der Waals surface area contributed by atoms with E-state index in [9.17, 15) is 0 Å². The van der Waals surface area contributed by atoms with Gasteiger partial charge in [0.25, 0.3) is 0 Å². The minimum Gasteiger partial charge on any atom is -0.340 e. The maximum absolute atomic E-state index is 4.21. The monoisotopic (exact) mass is 338 g/mol. The van der Waals surface area contributed by atoms with Crippen LogP contribution in [0.5, 0.6) is 0 Å². The molecule has 0 unspecified atom stereocenters. The first kappa shape index (κ1) is 18.0. The SMILES string of the molecule is [CH2-][C@H]1CC[C@@H]2C[C@H]1C2(C)C.[CH2-][C@H]1CC[C@@H]2C[C@H]1C2(C)C.[Zn+2]. The van der Waals surface area contributed by atoms with E-state index in [0.29, 0.717) is 10.8 Å². The zero-order valence-electron chi connectivity index (χ0n) is 14.8. The first-order valence-electron chi connectivity index (χ1n) is 8.90. The van der Waals surface area contributed by atoms with Crippen LogP contribution in [-0.4, -0.2) is 0 Å². The second-order valence-electron chi connectivity index (χ2n) is 9.40. The van der Waals surface area contributed by atoms with Gasteiger partial charge in [0.05, 0.1) is 0 Å². The summed E-state index contributed by atoms with van der Waals surface area (Å²) in [6, 6.07) is 0. The summed E-state index contributed by atoms with van der Waals surface area (Å²) in [4.78, 5) is 0. The predicted octanol–water partition coefficient (Wildman–Crippen LogP) is 5.78. The summed E-state index contributed by atoms with van der Waals surface area (Å²) in [5.41, 5.74) is 1.29. The van der Waals surface area contributed by atoms with Crippen LogP contribution in [-0.2, 0) is 19.5 Å². The van der Waals surface area contributed by atoms with E-state index in [4.69, 9.17) is 0 Å². The van der Waals surface area contributed by atoms with Crippen molar-refractivity contribution in [1.29, 1.82) is 0 Å². The van der Waals surface area contributed by atoms with Gasteiger partial charge in [0.2, 0.25) is 0 Å². The Morgan fingerprint density at radius 3 is 1.14 bits per heavy atom. The Balaban J connectivity index is 0.000000147. The van der Waals surface area contributed by atoms with Crippen LogP contribution in [0.1, 0.15) is 66.2 Å². The molecule has 0 aliphatic heterocycles. The van der Waals surface area contributed by atoms with Crippen LogP contribution in [0.15, 0.2) is 0 Å². The second kappa shape index (κ2) is 5.92. The van der Waals surface area contributed by atoms with E-state index in [1.165, 1.54) is 38.5 Å². The van der Waals surface area contributed by atoms with Gasteiger partial charge in [-0.2, -0.15) is 11.8 Å². The van der Waals surface area contributed by atoms with Gasteiger partial charge in [0.1, 0.15) is 0 Å². The standard InChI is InChI=1S/2C10H17.Zn/c2*1-7-4-5-8-6-9(7)10(8,2)3;/h2*7-9H,1,4-6H2,2-3H3;/q2*-1;+2/t2*7-,8+,9+;/m00./s1. The molecule has 0 saturated heterocycles. The van der Waals surface area contributed by atoms with Gasteiger partial charge in [-0.3, -0.25) is 0 Å². The molecule has 0 heterocycles. The van der Waals surface area contributed by atoms with Crippen LogP contribution < -0.4 is 0 Å². The van der Waals surface area contributed by atoms with Crippen molar-refractivity contribution in [3.05, 3.63) is 13.8 Å². The Morgan fingerprint density at radius 1 is 0.667 bits per heavy atom. The molecule has 6 saturated carbocycles. The first-order chi connectivity index (χ1) is 9.24. The smallest absolute Gasteiger partial charge is 0.340 e. The van der Waals surface area contributed by atoms with Crippen molar-refractivity contribution in [3.63, 3.8) is 0 Å². The van der Waals surface area contributed by atoms with Crippen molar-refractivity contribution in [2.24, 2.45) is 46.3 Å². The van der Waals surface area contributed by atoms with Crippen molar-refractivity contribution < 1.29 is 19.5 Å². The Hall–Kier alpha value is 0.623. The molecule has 4 bridgehead atoms. The van der Waals surface area contributed by atoms with Gasteiger partial charge in [-0.15, -0.1) is 0 Å². The maximum atomic E-state index is 4.21. The topological polar surface area (TPSA) is 0 Å². The van der Waals surface area contributed by atoms with E-state index in [1.54, 1.807) is 0 Å². The number of hydrogen-bond donors (Lipinski definition) is 0. The summed E-state index contributed by atoms with van der Waals surface area (Å²) in [6.07, 6.45) is 8.61. The summed E-state index contributed by atoms with van der Waals surface area (Å²) in [6.45, 7) is 18.1. The van der Waals surface area contributed by atoms with Crippen LogP contribution in [0.3, 0.4) is 0 Å². The molecular weight excluding hydrogens is 306 g/mol. The fourth-order valence-electron chi connectivity index (χ4n) is 5.93. The molecule has 21 heavy (non-hydrogen) atoms. The average Bonchev–Trinajstić information content (AvgIpc) is 2.38. The third-order valence-corrected chi connectivity index (χ3v) is 8.00. The van der Waals surface area contributed by atoms with Crippen molar-refractivity contribution in [2.75, 3.05) is 0 Å². The molecule has 0 aromatic carbocycles. The third kappa shape index (κ3) is 2.79. The molecule has 0 amide bonds. The van der Waals surface area contributed by atoms with Crippen LogP contribution >= 0.6 is 0 Å². The van der Waals surface area contributed by atoms with Gasteiger partial charge < -0.3 is 13.8 Å². The van der Waals surface area contributed by atoms with E-state index in [1.807, 2.05) is 0 Å². The van der Waals surface area contributed by atoms with Gasteiger partial charge in [0, 0.05) is 0 Å². The van der Waals surface area contributed by atoms with E-state index < -0.39 is 0 Å². The Labute approximate surface area is 146 Å². The molecule has 0 spiro atoms. The molecule has 0 radical (unpaired) electrons. The number of rotatable bonds is 0. The van der Waals surface area contributed by atoms with E-state index in [0.717, 1.165) is 35.5 Å². The minimum atomic E-state index is 0. The third-order valence-electron chi connectivity index (χ3n) is 8.00. The van der Waals surface area contributed by atoms with Gasteiger partial charge in [-0.1, -0.05) is 65.2 Å². The van der Waals surface area contributed by atoms with Crippen molar-refractivity contribution in [1.82, 2.24) is 0 Å². The molecule has 116 valence electrons. The van der Waals surface area contributed by atoms with Gasteiger partial charge in [0.15, 0.2) is 0 Å². The predicted molar refractivity (Wildman–Crippen MR) is 86.9 cm³/mol. The molecule has 6 rings (SSSR count). The Morgan fingerprint density at radius 2 is 1.00 bits per heavy atom. The molecule has 6 aliphatic carbocycles. The van der Waals surface area contributed by atoms with Crippen LogP contribution in [0.2, 0.25) is 0 Å². The van der Waals surface area contributed by atoms with E-state index in [2.05, 4.69) is 41.5 Å². The average molecular weight is 340 g/mol. The van der Waals surface area contributed by atoms with E-state index >= 15 is 0 Å². The zero-order chi connectivity index (χ0) is 14.7. The summed E-state index contributed by atoms with van der Waals surface area (Å²) >= 11 is 0. The zero-order valence-corrected chi connectivity index (χ0v) is 17.8. The molecule has 0 aromatic rings. The largest absolute Gasteiger partial charge is 2.00 e. The molecule has 1 heteroatoms. The van der Waals surface area contributed by atoms with Crippen molar-refractivity contribution >= 4 is 0 Å². The van der Waals surface area contributed by atoms with Crippen molar-refractivity contribution in [3.8, 4) is 0 Å². The van der Waals surface area contributed by atoms with Crippen molar-refractivity contribution in [2.45, 2.75) is 66.2 Å². The van der Waals surface area contributed by atoms with Gasteiger partial charge in [-0.25, -0.2) is 0 Å². The minimum absolute atomic E-state index is 0. The fraction of sp³-hybridized carbons (Fsp3) is 0.900. The molecule has 0 N–H and O–H groups in total. The van der Waals surface area contributed by atoms with Crippen LogP contribution in [0.4, 0.5) is 0 Å². The molecule has 6 atom stereocenters. The van der Waals surface area contributed by atoms with Gasteiger partial charge >= 0.3 is 19.5 Å². The molecule has 0 aromatic heterocycles. The summed E-state index contributed by atoms with van der Waals surface area (Å²) in [5, 5.41) is 0. The Bertz CT molecular complexity index is 330. The summed E-state index contributed by atoms with van der Waals surface area (Å²) < 4.78 is 0. The molecule has 6 fully saturated rings. The molecule has 0 nitrogen and oxygen atoms in total. The first-order valence-corrected chi connectivity index (χ1v) is 8.90. The normalized spacial score (nSPS) is 47.7. The van der Waals surface area contributed by atoms with Gasteiger partial charge in [-0.05, 0) is 35.5 Å². The molecular formula is C20H34Zn. The Kier molecular flexibility index (Phi) is 5.07. The molecule has 6 aliphatic rings. The van der Waals surface area contributed by atoms with E-state index in [-0.39, 0.29) is 19.5 Å². The van der Waals surface area contributed by atoms with Crippen LogP contribution in [0, 0.1) is 60.2 Å². The van der Waals surface area contributed by atoms with Crippen LogP contribution in [0.25, 0.3) is 0 Å².